The van der Waals surface area contributed by atoms with Crippen LogP contribution in [-0.2, 0) is 0 Å². The maximum Gasteiger partial charge on any atom is 0.249 e. The zero-order valence-electron chi connectivity index (χ0n) is 12.9. The molecule has 0 N–H and O–H groups in total. The van der Waals surface area contributed by atoms with Gasteiger partial charge in [-0.25, -0.2) is 4.99 Å². The molecule has 0 spiro atoms. The number of aliphatic imine (C=N–C) groups is 1. The third-order valence-corrected chi connectivity index (χ3v) is 3.58. The molecule has 4 heteroatoms. The van der Waals surface area contributed by atoms with Gasteiger partial charge in [-0.3, -0.25) is 0 Å². The van der Waals surface area contributed by atoms with Gasteiger partial charge in [0.2, 0.25) is 5.90 Å². The summed E-state index contributed by atoms with van der Waals surface area (Å²) in [6, 6.07) is 15.6. The van der Waals surface area contributed by atoms with Crippen molar-refractivity contribution in [3.63, 3.8) is 0 Å². The van der Waals surface area contributed by atoms with Gasteiger partial charge in [0.15, 0.2) is 0 Å². The normalized spacial score (nSPS) is 11.4. The molecule has 116 valence electrons. The topological polar surface area (TPSA) is 26.5 Å². The number of unbranched alkanes of at least 4 members (excludes halogenated alkanes) is 3. The lowest BCUT2D eigenvalue weighted by molar-refractivity contribution is 0.255. The number of hydrogen-bond donors (Lipinski definition) is 0. The van der Waals surface area contributed by atoms with Crippen LogP contribution in [0, 0.1) is 4.64 Å². The first-order valence-corrected chi connectivity index (χ1v) is 8.18. The van der Waals surface area contributed by atoms with E-state index in [4.69, 9.17) is 17.1 Å². The molecule has 0 saturated heterocycles. The van der Waals surface area contributed by atoms with Gasteiger partial charge in [0.25, 0.3) is 0 Å². The van der Waals surface area contributed by atoms with Crippen molar-refractivity contribution in [2.75, 3.05) is 6.54 Å². The molecule has 0 unspecified atom stereocenters. The molecule has 0 radical (unpaired) electrons. The summed E-state index contributed by atoms with van der Waals surface area (Å²) >= 11 is 5.27. The Balaban J connectivity index is 2.13. The quantitative estimate of drug-likeness (QED) is 0.321. The predicted molar refractivity (Wildman–Crippen MR) is 93.8 cm³/mol. The first-order chi connectivity index (χ1) is 10.8. The molecule has 0 bridgehead atoms. The summed E-state index contributed by atoms with van der Waals surface area (Å²) in [4.78, 5) is 10.5. The molecule has 1 aromatic carbocycles. The highest BCUT2D eigenvalue weighted by atomic mass is 32.1. The Morgan fingerprint density at radius 1 is 1.05 bits per heavy atom. The molecule has 3 nitrogen and oxygen atoms in total. The van der Waals surface area contributed by atoms with Gasteiger partial charge in [0.1, 0.15) is 4.64 Å². The van der Waals surface area contributed by atoms with E-state index in [9.17, 15) is 0 Å². The average Bonchev–Trinajstić information content (AvgIpc) is 2.56. The number of aromatic nitrogens is 1. The van der Waals surface area contributed by atoms with Gasteiger partial charge >= 0.3 is 0 Å². The minimum Gasteiger partial charge on any atom is -0.354 e. The molecule has 0 atom stereocenters. The Hall–Kier alpha value is -1.94. The molecular weight excluding hydrogens is 292 g/mol. The highest BCUT2D eigenvalue weighted by Crippen LogP contribution is 2.04. The second-order valence-electron chi connectivity index (χ2n) is 5.07. The van der Waals surface area contributed by atoms with Gasteiger partial charge in [-0.1, -0.05) is 62.7 Å². The summed E-state index contributed by atoms with van der Waals surface area (Å²) in [5.74, 6) is 0.611. The summed E-state index contributed by atoms with van der Waals surface area (Å²) in [6.45, 7) is 2.98. The van der Waals surface area contributed by atoms with Crippen LogP contribution in [0.25, 0.3) is 0 Å². The Labute approximate surface area is 137 Å². The van der Waals surface area contributed by atoms with E-state index in [0.717, 1.165) is 18.5 Å². The maximum atomic E-state index is 5.90. The second kappa shape index (κ2) is 9.15. The molecule has 2 rings (SSSR count). The molecule has 1 heterocycles. The van der Waals surface area contributed by atoms with Crippen LogP contribution in [0.1, 0.15) is 38.2 Å². The minimum atomic E-state index is 0.611. The van der Waals surface area contributed by atoms with Crippen molar-refractivity contribution in [2.24, 2.45) is 4.99 Å². The molecule has 1 aromatic heterocycles. The van der Waals surface area contributed by atoms with Crippen molar-refractivity contribution in [3.05, 3.63) is 64.9 Å². The van der Waals surface area contributed by atoms with Crippen LogP contribution in [0.2, 0.25) is 0 Å². The van der Waals surface area contributed by atoms with Crippen LogP contribution in [0.4, 0.5) is 0 Å². The summed E-state index contributed by atoms with van der Waals surface area (Å²) in [6.07, 6.45) is 6.56. The number of benzene rings is 1. The van der Waals surface area contributed by atoms with Crippen LogP contribution in [-0.4, -0.2) is 17.2 Å². The van der Waals surface area contributed by atoms with Crippen LogP contribution in [0.15, 0.2) is 59.7 Å². The largest absolute Gasteiger partial charge is 0.354 e. The first kappa shape index (κ1) is 16.4. The van der Waals surface area contributed by atoms with Gasteiger partial charge in [0, 0.05) is 18.3 Å². The SMILES string of the molecule is CCCCCCN=C(On1ccccc1=S)c1ccccc1. The van der Waals surface area contributed by atoms with Crippen molar-refractivity contribution in [3.8, 4) is 0 Å². The standard InChI is InChI=1S/C18H22N2OS/c1-2-3-4-9-14-19-18(16-11-6-5-7-12-16)21-20-15-10-8-13-17(20)22/h5-8,10-13,15H,2-4,9,14H2,1H3. The van der Waals surface area contributed by atoms with Crippen LogP contribution in [0.5, 0.6) is 0 Å². The van der Waals surface area contributed by atoms with E-state index >= 15 is 0 Å². The Kier molecular flexibility index (Phi) is 6.84. The van der Waals surface area contributed by atoms with Gasteiger partial charge in [0.05, 0.1) is 0 Å². The van der Waals surface area contributed by atoms with E-state index < -0.39 is 0 Å². The lowest BCUT2D eigenvalue weighted by Crippen LogP contribution is -2.21. The summed E-state index contributed by atoms with van der Waals surface area (Å²) in [7, 11) is 0. The highest BCUT2D eigenvalue weighted by molar-refractivity contribution is 7.71. The Morgan fingerprint density at radius 2 is 1.82 bits per heavy atom. The van der Waals surface area contributed by atoms with Gasteiger partial charge < -0.3 is 4.84 Å². The first-order valence-electron chi connectivity index (χ1n) is 7.77. The molecule has 0 fully saturated rings. The van der Waals surface area contributed by atoms with E-state index in [-0.39, 0.29) is 0 Å². The number of nitrogens with zero attached hydrogens (tertiary/aromatic N) is 2. The van der Waals surface area contributed by atoms with Crippen LogP contribution >= 0.6 is 12.2 Å². The average molecular weight is 314 g/mol. The van der Waals surface area contributed by atoms with E-state index in [1.165, 1.54) is 19.3 Å². The lowest BCUT2D eigenvalue weighted by atomic mass is 10.2. The summed E-state index contributed by atoms with van der Waals surface area (Å²) in [5.41, 5.74) is 0.962. The predicted octanol–water partition coefficient (Wildman–Crippen LogP) is 4.67. The minimum absolute atomic E-state index is 0.611. The number of pyridine rings is 1. The van der Waals surface area contributed by atoms with Gasteiger partial charge in [-0.05, 0) is 30.7 Å². The van der Waals surface area contributed by atoms with E-state index in [1.807, 2.05) is 48.5 Å². The molecule has 22 heavy (non-hydrogen) atoms. The number of rotatable bonds is 7. The third kappa shape index (κ3) is 5.11. The van der Waals surface area contributed by atoms with E-state index in [2.05, 4.69) is 11.9 Å². The van der Waals surface area contributed by atoms with Crippen molar-refractivity contribution in [2.45, 2.75) is 32.6 Å². The zero-order valence-corrected chi connectivity index (χ0v) is 13.8. The van der Waals surface area contributed by atoms with Crippen molar-refractivity contribution in [1.82, 2.24) is 4.73 Å². The van der Waals surface area contributed by atoms with Crippen molar-refractivity contribution < 1.29 is 4.84 Å². The summed E-state index contributed by atoms with van der Waals surface area (Å²) in [5, 5.41) is 0. The lowest BCUT2D eigenvalue weighted by Gasteiger charge is -2.11. The molecular formula is C18H22N2OS. The number of hydrogen-bond acceptors (Lipinski definition) is 3. The van der Waals surface area contributed by atoms with Crippen LogP contribution < -0.4 is 4.84 Å². The third-order valence-electron chi connectivity index (χ3n) is 3.26. The smallest absolute Gasteiger partial charge is 0.249 e. The zero-order chi connectivity index (χ0) is 15.6. The monoisotopic (exact) mass is 314 g/mol. The van der Waals surface area contributed by atoms with E-state index in [1.54, 1.807) is 10.9 Å². The van der Waals surface area contributed by atoms with Crippen molar-refractivity contribution in [1.29, 1.82) is 0 Å². The Bertz CT molecular complexity index is 649. The van der Waals surface area contributed by atoms with Crippen LogP contribution in [0.3, 0.4) is 0 Å². The van der Waals surface area contributed by atoms with Gasteiger partial charge in [-0.15, -0.1) is 0 Å². The molecule has 0 aliphatic carbocycles. The molecule has 0 saturated carbocycles. The summed E-state index contributed by atoms with van der Waals surface area (Å²) < 4.78 is 2.20. The molecule has 0 amide bonds. The fourth-order valence-corrected chi connectivity index (χ4v) is 2.23. The second-order valence-corrected chi connectivity index (χ2v) is 5.49. The Morgan fingerprint density at radius 3 is 2.55 bits per heavy atom. The van der Waals surface area contributed by atoms with Gasteiger partial charge in [-0.2, -0.15) is 4.73 Å². The van der Waals surface area contributed by atoms with Crippen molar-refractivity contribution >= 4 is 18.1 Å². The fraction of sp³-hybridized carbons (Fsp3) is 0.333. The molecule has 0 aliphatic heterocycles. The van der Waals surface area contributed by atoms with E-state index in [0.29, 0.717) is 10.5 Å². The highest BCUT2D eigenvalue weighted by Gasteiger charge is 2.06. The molecule has 0 aliphatic rings. The molecule has 2 aromatic rings. The maximum absolute atomic E-state index is 5.90. The fourth-order valence-electron chi connectivity index (χ4n) is 2.05.